The van der Waals surface area contributed by atoms with Crippen molar-refractivity contribution < 1.29 is 24.1 Å². The molecule has 26 heavy (non-hydrogen) atoms. The molecule has 1 amide bonds. The maximum atomic E-state index is 12.2. The molecule has 0 spiro atoms. The van der Waals surface area contributed by atoms with Gasteiger partial charge in [-0.2, -0.15) is 0 Å². The Kier molecular flexibility index (Phi) is 5.48. The molecule has 0 aliphatic carbocycles. The molecule has 1 aliphatic rings. The summed E-state index contributed by atoms with van der Waals surface area (Å²) in [5.74, 6) is 1.62. The van der Waals surface area contributed by atoms with Gasteiger partial charge in [0.25, 0.3) is 5.91 Å². The van der Waals surface area contributed by atoms with Crippen molar-refractivity contribution >= 4 is 11.6 Å². The van der Waals surface area contributed by atoms with Crippen molar-refractivity contribution in [2.45, 2.75) is 6.10 Å². The number of hydrogen-bond donors (Lipinski definition) is 2. The molecule has 0 saturated carbocycles. The van der Waals surface area contributed by atoms with E-state index in [0.29, 0.717) is 22.8 Å². The van der Waals surface area contributed by atoms with Crippen LogP contribution in [0.4, 0.5) is 5.69 Å². The van der Waals surface area contributed by atoms with Crippen LogP contribution in [0.25, 0.3) is 0 Å². The Hall–Kier alpha value is -2.93. The molecule has 1 atom stereocenters. The fourth-order valence-corrected chi connectivity index (χ4v) is 2.46. The van der Waals surface area contributed by atoms with Crippen molar-refractivity contribution in [3.05, 3.63) is 48.0 Å². The third-order valence-corrected chi connectivity index (χ3v) is 3.91. The van der Waals surface area contributed by atoms with Crippen molar-refractivity contribution in [1.29, 1.82) is 0 Å². The summed E-state index contributed by atoms with van der Waals surface area (Å²) < 4.78 is 16.0. The molecule has 0 bridgehead atoms. The second kappa shape index (κ2) is 7.97. The fourth-order valence-electron chi connectivity index (χ4n) is 2.46. The molecule has 1 aliphatic heterocycles. The number of ether oxygens (including phenoxy) is 3. The second-order valence-corrected chi connectivity index (χ2v) is 6.13. The van der Waals surface area contributed by atoms with Gasteiger partial charge in [-0.15, -0.1) is 0 Å². The van der Waals surface area contributed by atoms with E-state index in [-0.39, 0.29) is 25.9 Å². The van der Waals surface area contributed by atoms with E-state index in [0.717, 1.165) is 5.69 Å². The summed E-state index contributed by atoms with van der Waals surface area (Å²) in [5.41, 5.74) is 1.48. The lowest BCUT2D eigenvalue weighted by atomic mass is 10.2. The van der Waals surface area contributed by atoms with E-state index in [1.807, 2.05) is 31.1 Å². The van der Waals surface area contributed by atoms with Crippen LogP contribution in [0.3, 0.4) is 0 Å². The van der Waals surface area contributed by atoms with Crippen LogP contribution in [0.5, 0.6) is 17.2 Å². The Balaban J connectivity index is 1.47. The van der Waals surface area contributed by atoms with Crippen LogP contribution in [0, 0.1) is 0 Å². The molecule has 1 heterocycles. The maximum Gasteiger partial charge on any atom is 0.251 e. The standard InChI is InChI=1S/C19H22N2O5/c1-21(2)14-5-3-4-13(8-14)19(23)20-10-15(22)11-24-16-6-7-17-18(9-16)26-12-25-17/h3-9,15,22H,10-12H2,1-2H3,(H,20,23)/t15-/m0/s1. The summed E-state index contributed by atoms with van der Waals surface area (Å²) in [7, 11) is 3.82. The van der Waals surface area contributed by atoms with Crippen molar-refractivity contribution in [1.82, 2.24) is 5.32 Å². The van der Waals surface area contributed by atoms with Crippen molar-refractivity contribution in [3.8, 4) is 17.2 Å². The smallest absolute Gasteiger partial charge is 0.251 e. The van der Waals surface area contributed by atoms with Gasteiger partial charge in [-0.25, -0.2) is 0 Å². The average molecular weight is 358 g/mol. The molecule has 0 aromatic heterocycles. The minimum absolute atomic E-state index is 0.0532. The van der Waals surface area contributed by atoms with Gasteiger partial charge < -0.3 is 29.5 Å². The molecule has 7 heteroatoms. The van der Waals surface area contributed by atoms with Crippen LogP contribution in [0.2, 0.25) is 0 Å². The molecular weight excluding hydrogens is 336 g/mol. The molecule has 2 N–H and O–H groups in total. The quantitative estimate of drug-likeness (QED) is 0.783. The van der Waals surface area contributed by atoms with Crippen LogP contribution in [0.1, 0.15) is 10.4 Å². The molecule has 7 nitrogen and oxygen atoms in total. The Morgan fingerprint density at radius 2 is 2.04 bits per heavy atom. The van der Waals surface area contributed by atoms with Gasteiger partial charge in [0.05, 0.1) is 0 Å². The highest BCUT2D eigenvalue weighted by atomic mass is 16.7. The Bertz CT molecular complexity index is 778. The number of carbonyl (C=O) groups is 1. The van der Waals surface area contributed by atoms with E-state index in [1.165, 1.54) is 0 Å². The topological polar surface area (TPSA) is 80.3 Å². The highest BCUT2D eigenvalue weighted by Gasteiger charge is 2.15. The van der Waals surface area contributed by atoms with Gasteiger partial charge in [-0.1, -0.05) is 6.07 Å². The van der Waals surface area contributed by atoms with Gasteiger partial charge in [-0.3, -0.25) is 4.79 Å². The first-order valence-electron chi connectivity index (χ1n) is 8.29. The summed E-state index contributed by atoms with van der Waals surface area (Å²) >= 11 is 0. The summed E-state index contributed by atoms with van der Waals surface area (Å²) in [6.07, 6.45) is -0.832. The molecule has 3 rings (SSSR count). The van der Waals surface area contributed by atoms with Gasteiger partial charge in [-0.05, 0) is 30.3 Å². The molecule has 138 valence electrons. The number of hydrogen-bond acceptors (Lipinski definition) is 6. The van der Waals surface area contributed by atoms with Crippen LogP contribution >= 0.6 is 0 Å². The molecule has 0 unspecified atom stereocenters. The summed E-state index contributed by atoms with van der Waals surface area (Å²) in [6, 6.07) is 12.5. The number of aliphatic hydroxyl groups excluding tert-OH is 1. The second-order valence-electron chi connectivity index (χ2n) is 6.13. The van der Waals surface area contributed by atoms with E-state index in [2.05, 4.69) is 5.32 Å². The van der Waals surface area contributed by atoms with E-state index in [9.17, 15) is 9.90 Å². The number of fused-ring (bicyclic) bond motifs is 1. The Morgan fingerprint density at radius 1 is 1.23 bits per heavy atom. The lowest BCUT2D eigenvalue weighted by Gasteiger charge is -2.15. The Morgan fingerprint density at radius 3 is 2.85 bits per heavy atom. The SMILES string of the molecule is CN(C)c1cccc(C(=O)NC[C@H](O)COc2ccc3c(c2)OCO3)c1. The monoisotopic (exact) mass is 358 g/mol. The van der Waals surface area contributed by atoms with E-state index in [4.69, 9.17) is 14.2 Å². The van der Waals surface area contributed by atoms with Gasteiger partial charge in [0.1, 0.15) is 18.5 Å². The number of amides is 1. The summed E-state index contributed by atoms with van der Waals surface area (Å²) in [5, 5.41) is 12.7. The van der Waals surface area contributed by atoms with Gasteiger partial charge >= 0.3 is 0 Å². The number of anilines is 1. The van der Waals surface area contributed by atoms with Crippen molar-refractivity contribution in [2.24, 2.45) is 0 Å². The van der Waals surface area contributed by atoms with E-state index >= 15 is 0 Å². The number of benzene rings is 2. The van der Waals surface area contributed by atoms with Crippen molar-refractivity contribution in [2.75, 3.05) is 38.9 Å². The van der Waals surface area contributed by atoms with Crippen LogP contribution in [-0.2, 0) is 0 Å². The molecule has 2 aromatic rings. The number of aliphatic hydroxyl groups is 1. The predicted octanol–water partition coefficient (Wildman–Crippen LogP) is 1.65. The van der Waals surface area contributed by atoms with Crippen LogP contribution in [-0.4, -0.2) is 51.2 Å². The highest BCUT2D eigenvalue weighted by Crippen LogP contribution is 2.35. The highest BCUT2D eigenvalue weighted by molar-refractivity contribution is 5.95. The third kappa shape index (κ3) is 4.37. The average Bonchev–Trinajstić information content (AvgIpc) is 3.12. The zero-order valence-corrected chi connectivity index (χ0v) is 14.8. The van der Waals surface area contributed by atoms with Gasteiger partial charge in [0.15, 0.2) is 11.5 Å². The van der Waals surface area contributed by atoms with Crippen molar-refractivity contribution in [3.63, 3.8) is 0 Å². The summed E-state index contributed by atoms with van der Waals surface area (Å²) in [6.45, 7) is 0.343. The predicted molar refractivity (Wildman–Crippen MR) is 97.2 cm³/mol. The molecule has 0 radical (unpaired) electrons. The number of carbonyl (C=O) groups excluding carboxylic acids is 1. The van der Waals surface area contributed by atoms with E-state index in [1.54, 1.807) is 30.3 Å². The van der Waals surface area contributed by atoms with Gasteiger partial charge in [0, 0.05) is 38.0 Å². The van der Waals surface area contributed by atoms with Crippen LogP contribution < -0.4 is 24.4 Å². The first-order valence-corrected chi connectivity index (χ1v) is 8.29. The van der Waals surface area contributed by atoms with Gasteiger partial charge in [0.2, 0.25) is 6.79 Å². The Labute approximate surface area is 152 Å². The molecular formula is C19H22N2O5. The molecule has 2 aromatic carbocycles. The zero-order chi connectivity index (χ0) is 18.5. The fraction of sp³-hybridized carbons (Fsp3) is 0.316. The molecule has 0 saturated heterocycles. The minimum atomic E-state index is -0.832. The lowest BCUT2D eigenvalue weighted by Crippen LogP contribution is -2.35. The largest absolute Gasteiger partial charge is 0.491 e. The number of nitrogens with zero attached hydrogens (tertiary/aromatic N) is 1. The zero-order valence-electron chi connectivity index (χ0n) is 14.8. The first-order chi connectivity index (χ1) is 12.5. The molecule has 0 fully saturated rings. The normalized spacial score (nSPS) is 13.2. The third-order valence-electron chi connectivity index (χ3n) is 3.91. The summed E-state index contributed by atoms with van der Waals surface area (Å²) in [4.78, 5) is 14.1. The van der Waals surface area contributed by atoms with E-state index < -0.39 is 6.10 Å². The minimum Gasteiger partial charge on any atom is -0.491 e. The first kappa shape index (κ1) is 17.9. The number of rotatable bonds is 7. The maximum absolute atomic E-state index is 12.2. The van der Waals surface area contributed by atoms with Crippen LogP contribution in [0.15, 0.2) is 42.5 Å². The number of nitrogens with one attached hydrogen (secondary N) is 1. The lowest BCUT2D eigenvalue weighted by molar-refractivity contribution is 0.0843.